The van der Waals surface area contributed by atoms with E-state index in [1.807, 2.05) is 6.07 Å². The highest BCUT2D eigenvalue weighted by atomic mass is 16.1. The fraction of sp³-hybridized carbons (Fsp3) is 0.435. The van der Waals surface area contributed by atoms with E-state index >= 15 is 0 Å². The number of amides is 1. The highest BCUT2D eigenvalue weighted by molar-refractivity contribution is 5.94. The molecule has 0 aromatic heterocycles. The number of anilines is 1. The number of hydrogen-bond acceptors (Lipinski definition) is 2. The van der Waals surface area contributed by atoms with Gasteiger partial charge in [0.25, 0.3) is 5.91 Å². The van der Waals surface area contributed by atoms with Crippen molar-refractivity contribution in [2.75, 3.05) is 18.0 Å². The molecule has 0 unspecified atom stereocenters. The maximum atomic E-state index is 12.5. The number of rotatable bonds is 5. The van der Waals surface area contributed by atoms with Crippen LogP contribution in [0.2, 0.25) is 0 Å². The summed E-state index contributed by atoms with van der Waals surface area (Å²) in [5, 5.41) is 3.10. The molecule has 2 aliphatic rings. The van der Waals surface area contributed by atoms with Crippen LogP contribution in [0, 0.1) is 0 Å². The van der Waals surface area contributed by atoms with Crippen LogP contribution in [0.4, 0.5) is 5.69 Å². The van der Waals surface area contributed by atoms with Gasteiger partial charge in [-0.05, 0) is 80.3 Å². The van der Waals surface area contributed by atoms with Crippen molar-refractivity contribution in [1.29, 1.82) is 0 Å². The van der Waals surface area contributed by atoms with Gasteiger partial charge in [0.1, 0.15) is 0 Å². The first-order chi connectivity index (χ1) is 12.7. The van der Waals surface area contributed by atoms with E-state index in [2.05, 4.69) is 53.5 Å². The smallest absolute Gasteiger partial charge is 0.251 e. The van der Waals surface area contributed by atoms with Crippen LogP contribution in [0.5, 0.6) is 0 Å². The molecule has 1 amide bonds. The summed E-state index contributed by atoms with van der Waals surface area (Å²) in [6.07, 6.45) is 6.88. The van der Waals surface area contributed by atoms with Crippen molar-refractivity contribution in [3.63, 3.8) is 0 Å². The van der Waals surface area contributed by atoms with Gasteiger partial charge in [0.15, 0.2) is 0 Å². The van der Waals surface area contributed by atoms with Crippen LogP contribution in [0.3, 0.4) is 0 Å². The predicted molar refractivity (Wildman–Crippen MR) is 107 cm³/mol. The molecule has 0 radical (unpaired) electrons. The summed E-state index contributed by atoms with van der Waals surface area (Å²) in [4.78, 5) is 14.9. The van der Waals surface area contributed by atoms with Crippen molar-refractivity contribution in [2.24, 2.45) is 0 Å². The van der Waals surface area contributed by atoms with E-state index in [0.29, 0.717) is 6.04 Å². The number of benzene rings is 2. The molecule has 0 saturated heterocycles. The van der Waals surface area contributed by atoms with Gasteiger partial charge in [-0.15, -0.1) is 0 Å². The first-order valence-corrected chi connectivity index (χ1v) is 9.97. The Hall–Kier alpha value is -2.29. The second-order valence-electron chi connectivity index (χ2n) is 7.68. The molecule has 0 bridgehead atoms. The molecule has 1 aliphatic carbocycles. The molecule has 136 valence electrons. The number of fused-ring (bicyclic) bond motifs is 2. The van der Waals surface area contributed by atoms with Crippen LogP contribution < -0.4 is 10.2 Å². The molecule has 26 heavy (non-hydrogen) atoms. The Morgan fingerprint density at radius 3 is 2.77 bits per heavy atom. The van der Waals surface area contributed by atoms with E-state index in [1.165, 1.54) is 35.2 Å². The molecule has 0 spiro atoms. The molecule has 4 rings (SSSR count). The molecule has 3 heteroatoms. The highest BCUT2D eigenvalue weighted by Crippen LogP contribution is 2.31. The topological polar surface area (TPSA) is 32.3 Å². The van der Waals surface area contributed by atoms with Crippen LogP contribution in [0.25, 0.3) is 0 Å². The van der Waals surface area contributed by atoms with Crippen molar-refractivity contribution >= 4 is 11.6 Å². The Balaban J connectivity index is 1.29. The largest absolute Gasteiger partial charge is 0.368 e. The van der Waals surface area contributed by atoms with E-state index < -0.39 is 0 Å². The minimum Gasteiger partial charge on any atom is -0.368 e. The molecule has 0 saturated carbocycles. The van der Waals surface area contributed by atoms with Gasteiger partial charge < -0.3 is 10.2 Å². The minimum absolute atomic E-state index is 0.0632. The quantitative estimate of drug-likeness (QED) is 0.824. The molecular weight excluding hydrogens is 320 g/mol. The fourth-order valence-corrected chi connectivity index (χ4v) is 4.40. The van der Waals surface area contributed by atoms with Crippen LogP contribution in [-0.2, 0) is 19.3 Å². The minimum atomic E-state index is 0.0632. The number of para-hydroxylation sites is 1. The monoisotopic (exact) mass is 348 g/mol. The van der Waals surface area contributed by atoms with Crippen molar-refractivity contribution in [1.82, 2.24) is 5.32 Å². The third-order valence-electron chi connectivity index (χ3n) is 5.82. The first kappa shape index (κ1) is 17.1. The van der Waals surface area contributed by atoms with E-state index in [9.17, 15) is 4.79 Å². The zero-order chi connectivity index (χ0) is 17.9. The Morgan fingerprint density at radius 2 is 1.88 bits per heavy atom. The third kappa shape index (κ3) is 3.48. The summed E-state index contributed by atoms with van der Waals surface area (Å²) in [5.74, 6) is 0.0632. The number of aryl methyl sites for hydroxylation is 2. The highest BCUT2D eigenvalue weighted by Gasteiger charge is 2.24. The van der Waals surface area contributed by atoms with Gasteiger partial charge in [-0.2, -0.15) is 0 Å². The zero-order valence-electron chi connectivity index (χ0n) is 15.6. The Morgan fingerprint density at radius 1 is 1.08 bits per heavy atom. The van der Waals surface area contributed by atoms with Crippen molar-refractivity contribution in [2.45, 2.75) is 51.5 Å². The molecule has 3 nitrogen and oxygen atoms in total. The van der Waals surface area contributed by atoms with Crippen molar-refractivity contribution in [3.8, 4) is 0 Å². The molecule has 1 aliphatic heterocycles. The predicted octanol–water partition coefficient (Wildman–Crippen LogP) is 4.14. The molecule has 1 atom stereocenters. The average Bonchev–Trinajstić information content (AvgIpc) is 3.00. The SMILES string of the molecule is C[C@H]1Cc2ccccc2N1CCCNC(=O)c1ccc2c(c1)CCCC2. The van der Waals surface area contributed by atoms with E-state index in [1.54, 1.807) is 0 Å². The molecule has 0 fully saturated rings. The normalized spacial score (nSPS) is 18.3. The first-order valence-electron chi connectivity index (χ1n) is 9.97. The number of nitrogens with zero attached hydrogens (tertiary/aromatic N) is 1. The Labute approximate surface area is 156 Å². The van der Waals surface area contributed by atoms with Gasteiger partial charge in [0.05, 0.1) is 0 Å². The second-order valence-corrected chi connectivity index (χ2v) is 7.68. The molecule has 2 aromatic carbocycles. The summed E-state index contributed by atoms with van der Waals surface area (Å²) >= 11 is 0. The molecule has 1 N–H and O–H groups in total. The van der Waals surface area contributed by atoms with Gasteiger partial charge in [-0.1, -0.05) is 24.3 Å². The summed E-state index contributed by atoms with van der Waals surface area (Å²) < 4.78 is 0. The lowest BCUT2D eigenvalue weighted by molar-refractivity contribution is 0.0953. The maximum absolute atomic E-state index is 12.5. The summed E-state index contributed by atoms with van der Waals surface area (Å²) in [6, 6.07) is 15.4. The number of hydrogen-bond donors (Lipinski definition) is 1. The molecular formula is C23H28N2O. The van der Waals surface area contributed by atoms with Gasteiger partial charge >= 0.3 is 0 Å². The Kier molecular flexibility index (Phi) is 4.96. The summed E-state index contributed by atoms with van der Waals surface area (Å²) in [6.45, 7) is 4.00. The van der Waals surface area contributed by atoms with Crippen LogP contribution in [0.15, 0.2) is 42.5 Å². The summed E-state index contributed by atoms with van der Waals surface area (Å²) in [5.41, 5.74) is 6.41. The van der Waals surface area contributed by atoms with E-state index in [-0.39, 0.29) is 5.91 Å². The lowest BCUT2D eigenvalue weighted by Crippen LogP contribution is -2.33. The van der Waals surface area contributed by atoms with Crippen LogP contribution in [-0.4, -0.2) is 25.0 Å². The van der Waals surface area contributed by atoms with E-state index in [0.717, 1.165) is 44.3 Å². The molecule has 2 aromatic rings. The summed E-state index contributed by atoms with van der Waals surface area (Å²) in [7, 11) is 0. The van der Waals surface area contributed by atoms with Crippen LogP contribution in [0.1, 0.15) is 53.2 Å². The standard InChI is InChI=1S/C23H28N2O/c1-17-15-20-9-4-5-10-22(20)25(17)14-6-13-24-23(26)21-12-11-18-7-2-3-8-19(18)16-21/h4-5,9-12,16-17H,2-3,6-8,13-15H2,1H3,(H,24,26)/t17-/m0/s1. The lowest BCUT2D eigenvalue weighted by Gasteiger charge is -2.25. The van der Waals surface area contributed by atoms with Crippen molar-refractivity contribution < 1.29 is 4.79 Å². The van der Waals surface area contributed by atoms with Crippen molar-refractivity contribution in [3.05, 3.63) is 64.7 Å². The van der Waals surface area contributed by atoms with Gasteiger partial charge in [0, 0.05) is 30.4 Å². The Bertz CT molecular complexity index is 799. The second kappa shape index (κ2) is 7.53. The van der Waals surface area contributed by atoms with Crippen LogP contribution >= 0.6 is 0 Å². The van der Waals surface area contributed by atoms with Gasteiger partial charge in [-0.25, -0.2) is 0 Å². The zero-order valence-corrected chi connectivity index (χ0v) is 15.6. The third-order valence-corrected chi connectivity index (χ3v) is 5.82. The maximum Gasteiger partial charge on any atom is 0.251 e. The van der Waals surface area contributed by atoms with E-state index in [4.69, 9.17) is 0 Å². The number of carbonyl (C=O) groups is 1. The van der Waals surface area contributed by atoms with Gasteiger partial charge in [-0.3, -0.25) is 4.79 Å². The molecule has 1 heterocycles. The fourth-order valence-electron chi connectivity index (χ4n) is 4.40. The lowest BCUT2D eigenvalue weighted by atomic mass is 9.90. The van der Waals surface area contributed by atoms with Gasteiger partial charge in [0.2, 0.25) is 0 Å². The number of nitrogens with one attached hydrogen (secondary N) is 1. The number of carbonyl (C=O) groups excluding carboxylic acids is 1. The average molecular weight is 348 g/mol.